The summed E-state index contributed by atoms with van der Waals surface area (Å²) in [4.78, 5) is 11.4. The zero-order valence-corrected chi connectivity index (χ0v) is 8.99. The van der Waals surface area contributed by atoms with E-state index in [1.165, 1.54) is 0 Å². The standard InChI is InChI=1S/C8H15N3OS/c1-4-5-8(2,3)11-6(12)9-10-7(11)13/h4-5H2,1-3H3,(H,9,12)(H,10,13). The smallest absolute Gasteiger partial charge is 0.272 e. The third kappa shape index (κ3) is 1.91. The average molecular weight is 201 g/mol. The first-order valence-corrected chi connectivity index (χ1v) is 4.80. The van der Waals surface area contributed by atoms with E-state index in [1.807, 2.05) is 13.8 Å². The molecule has 1 rings (SSSR count). The van der Waals surface area contributed by atoms with Crippen molar-refractivity contribution in [3.05, 3.63) is 15.3 Å². The summed E-state index contributed by atoms with van der Waals surface area (Å²) < 4.78 is 2.05. The molecule has 0 aliphatic heterocycles. The predicted molar refractivity (Wildman–Crippen MR) is 54.5 cm³/mol. The molecule has 4 nitrogen and oxygen atoms in total. The summed E-state index contributed by atoms with van der Waals surface area (Å²) in [5, 5.41) is 5.12. The number of nitrogens with zero attached hydrogens (tertiary/aromatic N) is 1. The number of aromatic amines is 2. The highest BCUT2D eigenvalue weighted by atomic mass is 32.1. The average Bonchev–Trinajstić information content (AvgIpc) is 2.31. The molecule has 0 aliphatic rings. The summed E-state index contributed by atoms with van der Waals surface area (Å²) in [5.74, 6) is 0. The second-order valence-electron chi connectivity index (χ2n) is 3.76. The van der Waals surface area contributed by atoms with Gasteiger partial charge in [0, 0.05) is 5.54 Å². The molecule has 2 N–H and O–H groups in total. The Morgan fingerprint density at radius 2 is 2.08 bits per heavy atom. The lowest BCUT2D eigenvalue weighted by Crippen LogP contribution is -2.34. The van der Waals surface area contributed by atoms with Crippen molar-refractivity contribution >= 4 is 12.2 Å². The number of nitrogens with one attached hydrogen (secondary N) is 2. The molecule has 74 valence electrons. The lowest BCUT2D eigenvalue weighted by molar-refractivity contribution is 0.312. The fraction of sp³-hybridized carbons (Fsp3) is 0.750. The van der Waals surface area contributed by atoms with Gasteiger partial charge < -0.3 is 0 Å². The van der Waals surface area contributed by atoms with Gasteiger partial charge in [-0.3, -0.25) is 9.67 Å². The van der Waals surface area contributed by atoms with E-state index in [1.54, 1.807) is 4.57 Å². The summed E-state index contributed by atoms with van der Waals surface area (Å²) in [6, 6.07) is 0. The molecule has 1 heterocycles. The van der Waals surface area contributed by atoms with Crippen molar-refractivity contribution in [2.24, 2.45) is 0 Å². The van der Waals surface area contributed by atoms with E-state index in [9.17, 15) is 4.79 Å². The molecule has 0 saturated carbocycles. The van der Waals surface area contributed by atoms with Crippen molar-refractivity contribution in [2.45, 2.75) is 39.2 Å². The summed E-state index contributed by atoms with van der Waals surface area (Å²) in [6.07, 6.45) is 1.96. The zero-order chi connectivity index (χ0) is 10.1. The second kappa shape index (κ2) is 3.49. The highest BCUT2D eigenvalue weighted by Crippen LogP contribution is 2.19. The van der Waals surface area contributed by atoms with Crippen LogP contribution in [0, 0.1) is 4.77 Å². The van der Waals surface area contributed by atoms with Gasteiger partial charge in [0.15, 0.2) is 4.77 Å². The minimum Gasteiger partial charge on any atom is -0.272 e. The highest BCUT2D eigenvalue weighted by molar-refractivity contribution is 7.71. The lowest BCUT2D eigenvalue weighted by atomic mass is 9.99. The van der Waals surface area contributed by atoms with Crippen LogP contribution in [-0.2, 0) is 5.54 Å². The Morgan fingerprint density at radius 1 is 1.46 bits per heavy atom. The van der Waals surface area contributed by atoms with Crippen LogP contribution in [0.1, 0.15) is 33.6 Å². The van der Waals surface area contributed by atoms with Crippen molar-refractivity contribution < 1.29 is 0 Å². The van der Waals surface area contributed by atoms with Gasteiger partial charge >= 0.3 is 5.69 Å². The molecule has 0 aromatic carbocycles. The van der Waals surface area contributed by atoms with Crippen LogP contribution in [0.5, 0.6) is 0 Å². The van der Waals surface area contributed by atoms with Crippen LogP contribution in [0.3, 0.4) is 0 Å². The molecule has 0 radical (unpaired) electrons. The van der Waals surface area contributed by atoms with Crippen molar-refractivity contribution in [3.63, 3.8) is 0 Å². The maximum absolute atomic E-state index is 11.4. The Hall–Kier alpha value is -0.840. The van der Waals surface area contributed by atoms with Gasteiger partial charge in [0.1, 0.15) is 0 Å². The van der Waals surface area contributed by atoms with Crippen molar-refractivity contribution in [1.82, 2.24) is 14.8 Å². The topological polar surface area (TPSA) is 53.6 Å². The Kier molecular flexibility index (Phi) is 2.75. The monoisotopic (exact) mass is 201 g/mol. The molecular weight excluding hydrogens is 186 g/mol. The molecule has 0 saturated heterocycles. The first-order valence-electron chi connectivity index (χ1n) is 4.39. The Labute approximate surface area is 82.0 Å². The van der Waals surface area contributed by atoms with Gasteiger partial charge in [-0.05, 0) is 32.5 Å². The summed E-state index contributed by atoms with van der Waals surface area (Å²) >= 11 is 5.01. The normalized spacial score (nSPS) is 11.9. The summed E-state index contributed by atoms with van der Waals surface area (Å²) in [6.45, 7) is 6.11. The largest absolute Gasteiger partial charge is 0.342 e. The van der Waals surface area contributed by atoms with E-state index in [0.29, 0.717) is 4.77 Å². The Balaban J connectivity index is 3.20. The van der Waals surface area contributed by atoms with Gasteiger partial charge in [-0.1, -0.05) is 13.3 Å². The van der Waals surface area contributed by atoms with Gasteiger partial charge in [-0.15, -0.1) is 0 Å². The van der Waals surface area contributed by atoms with Crippen LogP contribution in [0.2, 0.25) is 0 Å². The molecule has 0 aliphatic carbocycles. The molecule has 1 aromatic heterocycles. The van der Waals surface area contributed by atoms with Gasteiger partial charge in [0.2, 0.25) is 0 Å². The van der Waals surface area contributed by atoms with Crippen molar-refractivity contribution in [3.8, 4) is 0 Å². The number of H-pyrrole nitrogens is 2. The fourth-order valence-corrected chi connectivity index (χ4v) is 1.97. The van der Waals surface area contributed by atoms with Crippen LogP contribution in [0.25, 0.3) is 0 Å². The number of rotatable bonds is 3. The van der Waals surface area contributed by atoms with Gasteiger partial charge in [0.05, 0.1) is 0 Å². The number of hydrogen-bond donors (Lipinski definition) is 2. The Morgan fingerprint density at radius 3 is 2.46 bits per heavy atom. The van der Waals surface area contributed by atoms with Gasteiger partial charge in [-0.25, -0.2) is 9.89 Å². The zero-order valence-electron chi connectivity index (χ0n) is 8.18. The Bertz CT molecular complexity index is 357. The van der Waals surface area contributed by atoms with E-state index >= 15 is 0 Å². The van der Waals surface area contributed by atoms with E-state index in [-0.39, 0.29) is 11.2 Å². The minimum atomic E-state index is -0.209. The fourth-order valence-electron chi connectivity index (χ4n) is 1.58. The molecule has 0 atom stereocenters. The van der Waals surface area contributed by atoms with E-state index in [0.717, 1.165) is 12.8 Å². The van der Waals surface area contributed by atoms with Crippen LogP contribution in [-0.4, -0.2) is 14.8 Å². The molecule has 0 bridgehead atoms. The molecule has 0 fully saturated rings. The first kappa shape index (κ1) is 10.2. The third-order valence-corrected chi connectivity index (χ3v) is 2.43. The molecule has 5 heteroatoms. The predicted octanol–water partition coefficient (Wildman–Crippen LogP) is 1.77. The van der Waals surface area contributed by atoms with Crippen molar-refractivity contribution in [2.75, 3.05) is 0 Å². The SMILES string of the molecule is CCCC(C)(C)n1c(=O)[nH][nH]c1=S. The van der Waals surface area contributed by atoms with E-state index in [4.69, 9.17) is 12.2 Å². The molecule has 0 amide bonds. The molecule has 0 spiro atoms. The maximum atomic E-state index is 11.4. The van der Waals surface area contributed by atoms with E-state index < -0.39 is 0 Å². The first-order chi connectivity index (χ1) is 5.99. The third-order valence-electron chi connectivity index (χ3n) is 2.15. The molecule has 1 aromatic rings. The van der Waals surface area contributed by atoms with Crippen molar-refractivity contribution in [1.29, 1.82) is 0 Å². The van der Waals surface area contributed by atoms with Crippen LogP contribution in [0.15, 0.2) is 4.79 Å². The second-order valence-corrected chi connectivity index (χ2v) is 4.14. The maximum Gasteiger partial charge on any atom is 0.342 e. The number of hydrogen-bond acceptors (Lipinski definition) is 2. The summed E-state index contributed by atoms with van der Waals surface area (Å²) in [7, 11) is 0. The number of aromatic nitrogens is 3. The van der Waals surface area contributed by atoms with E-state index in [2.05, 4.69) is 17.1 Å². The molecular formula is C8H15N3OS. The molecule has 0 unspecified atom stereocenters. The quantitative estimate of drug-likeness (QED) is 0.732. The lowest BCUT2D eigenvalue weighted by Gasteiger charge is -2.24. The molecule has 13 heavy (non-hydrogen) atoms. The van der Waals surface area contributed by atoms with Crippen LogP contribution < -0.4 is 5.69 Å². The summed E-state index contributed by atoms with van der Waals surface area (Å²) in [5.41, 5.74) is -0.372. The highest BCUT2D eigenvalue weighted by Gasteiger charge is 2.22. The van der Waals surface area contributed by atoms with Crippen LogP contribution in [0.4, 0.5) is 0 Å². The van der Waals surface area contributed by atoms with Gasteiger partial charge in [-0.2, -0.15) is 0 Å². The van der Waals surface area contributed by atoms with Gasteiger partial charge in [0.25, 0.3) is 0 Å². The van der Waals surface area contributed by atoms with Crippen LogP contribution >= 0.6 is 12.2 Å². The minimum absolute atomic E-state index is 0.163.